The van der Waals surface area contributed by atoms with E-state index in [4.69, 9.17) is 10.2 Å². The van der Waals surface area contributed by atoms with Gasteiger partial charge in [0.15, 0.2) is 0 Å². The van der Waals surface area contributed by atoms with E-state index in [1.165, 1.54) is 12.1 Å². The number of aromatic carboxylic acids is 2. The van der Waals surface area contributed by atoms with E-state index in [-0.39, 0.29) is 17.5 Å². The summed E-state index contributed by atoms with van der Waals surface area (Å²) >= 11 is 0. The molecule has 0 aliphatic heterocycles. The summed E-state index contributed by atoms with van der Waals surface area (Å²) in [5.74, 6) is -2.38. The lowest BCUT2D eigenvalue weighted by molar-refractivity contribution is 0.0696. The van der Waals surface area contributed by atoms with Crippen molar-refractivity contribution in [2.45, 2.75) is 12.8 Å². The molecule has 4 nitrogen and oxygen atoms in total. The fourth-order valence-electron chi connectivity index (χ4n) is 1.35. The molecule has 0 bridgehead atoms. The Kier molecular flexibility index (Phi) is 3.99. The topological polar surface area (TPSA) is 74.6 Å². The van der Waals surface area contributed by atoms with Gasteiger partial charge in [0.1, 0.15) is 0 Å². The summed E-state index contributed by atoms with van der Waals surface area (Å²) in [5, 5.41) is 17.5. The molecule has 0 spiro atoms. The standard InChI is InChI=1S/C11H11FO4/c12-3-1-2-7-4-8(10(13)14)6-9(5-7)11(15)16/h4-6H,1-3H2,(H,13,14)(H,15,16). The highest BCUT2D eigenvalue weighted by atomic mass is 19.1. The van der Waals surface area contributed by atoms with Crippen LogP contribution in [0.3, 0.4) is 0 Å². The largest absolute Gasteiger partial charge is 0.478 e. The monoisotopic (exact) mass is 226 g/mol. The highest BCUT2D eigenvalue weighted by Crippen LogP contribution is 2.13. The van der Waals surface area contributed by atoms with Crippen LogP contribution in [0.5, 0.6) is 0 Å². The van der Waals surface area contributed by atoms with Crippen LogP contribution < -0.4 is 0 Å². The van der Waals surface area contributed by atoms with Gasteiger partial charge in [-0.2, -0.15) is 0 Å². The molecular weight excluding hydrogens is 215 g/mol. The Morgan fingerprint density at radius 3 is 1.94 bits per heavy atom. The molecule has 0 radical (unpaired) electrons. The molecule has 0 aliphatic carbocycles. The van der Waals surface area contributed by atoms with Crippen LogP contribution in [0.4, 0.5) is 4.39 Å². The van der Waals surface area contributed by atoms with Crippen LogP contribution in [0, 0.1) is 0 Å². The molecule has 16 heavy (non-hydrogen) atoms. The lowest BCUT2D eigenvalue weighted by Crippen LogP contribution is -2.04. The van der Waals surface area contributed by atoms with Crippen molar-refractivity contribution in [3.05, 3.63) is 34.9 Å². The Morgan fingerprint density at radius 1 is 1.06 bits per heavy atom. The molecule has 0 heterocycles. The van der Waals surface area contributed by atoms with Gasteiger partial charge in [-0.3, -0.25) is 4.39 Å². The smallest absolute Gasteiger partial charge is 0.335 e. The van der Waals surface area contributed by atoms with Crippen molar-refractivity contribution in [1.29, 1.82) is 0 Å². The SMILES string of the molecule is O=C(O)c1cc(CCCF)cc(C(=O)O)c1. The molecule has 0 aromatic heterocycles. The Balaban J connectivity index is 3.08. The van der Waals surface area contributed by atoms with Gasteiger partial charge in [-0.1, -0.05) is 0 Å². The molecule has 0 fully saturated rings. The highest BCUT2D eigenvalue weighted by Gasteiger charge is 2.11. The van der Waals surface area contributed by atoms with E-state index >= 15 is 0 Å². The second-order valence-corrected chi connectivity index (χ2v) is 3.32. The molecule has 1 aromatic carbocycles. The molecule has 0 amide bonds. The maximum Gasteiger partial charge on any atom is 0.335 e. The van der Waals surface area contributed by atoms with E-state index in [0.717, 1.165) is 6.07 Å². The number of halogens is 1. The molecular formula is C11H11FO4. The van der Waals surface area contributed by atoms with E-state index in [0.29, 0.717) is 12.0 Å². The zero-order valence-corrected chi connectivity index (χ0v) is 8.44. The van der Waals surface area contributed by atoms with Crippen LogP contribution in [0.1, 0.15) is 32.7 Å². The maximum absolute atomic E-state index is 12.0. The van der Waals surface area contributed by atoms with Gasteiger partial charge in [-0.15, -0.1) is 0 Å². The number of carboxylic acid groups (broad SMARTS) is 2. The Labute approximate surface area is 91.3 Å². The van der Waals surface area contributed by atoms with Gasteiger partial charge in [-0.05, 0) is 36.6 Å². The highest BCUT2D eigenvalue weighted by molar-refractivity contribution is 5.94. The number of rotatable bonds is 5. The fourth-order valence-corrected chi connectivity index (χ4v) is 1.35. The number of alkyl halides is 1. The predicted molar refractivity (Wildman–Crippen MR) is 54.7 cm³/mol. The summed E-state index contributed by atoms with van der Waals surface area (Å²) < 4.78 is 12.0. The predicted octanol–water partition coefficient (Wildman–Crippen LogP) is 1.99. The molecule has 0 atom stereocenters. The summed E-state index contributed by atoms with van der Waals surface area (Å²) in [5.41, 5.74) is 0.345. The van der Waals surface area contributed by atoms with Crippen LogP contribution in [0.15, 0.2) is 18.2 Å². The normalized spacial score (nSPS) is 10.1. The quantitative estimate of drug-likeness (QED) is 0.805. The van der Waals surface area contributed by atoms with E-state index in [1.54, 1.807) is 0 Å². The van der Waals surface area contributed by atoms with Gasteiger partial charge in [0.05, 0.1) is 17.8 Å². The summed E-state index contributed by atoms with van der Waals surface area (Å²) in [4.78, 5) is 21.5. The number of carbonyl (C=O) groups is 2. The van der Waals surface area contributed by atoms with Crippen molar-refractivity contribution < 1.29 is 24.2 Å². The summed E-state index contributed by atoms with van der Waals surface area (Å²) in [6.45, 7) is -0.514. The first-order valence-corrected chi connectivity index (χ1v) is 4.71. The van der Waals surface area contributed by atoms with Crippen molar-refractivity contribution in [2.75, 3.05) is 6.67 Å². The zero-order valence-electron chi connectivity index (χ0n) is 8.44. The van der Waals surface area contributed by atoms with Gasteiger partial charge in [0.2, 0.25) is 0 Å². The molecule has 86 valence electrons. The maximum atomic E-state index is 12.0. The average Bonchev–Trinajstić information content (AvgIpc) is 2.25. The van der Waals surface area contributed by atoms with Gasteiger partial charge < -0.3 is 10.2 Å². The van der Waals surface area contributed by atoms with Crippen LogP contribution in [0.2, 0.25) is 0 Å². The van der Waals surface area contributed by atoms with E-state index in [1.807, 2.05) is 0 Å². The molecule has 0 aliphatic rings. The number of carboxylic acids is 2. The number of aryl methyl sites for hydroxylation is 1. The third kappa shape index (κ3) is 3.05. The van der Waals surface area contributed by atoms with Crippen molar-refractivity contribution in [1.82, 2.24) is 0 Å². The molecule has 0 saturated heterocycles. The second kappa shape index (κ2) is 5.25. The summed E-state index contributed by atoms with van der Waals surface area (Å²) in [6, 6.07) is 3.82. The first-order valence-electron chi connectivity index (χ1n) is 4.71. The van der Waals surface area contributed by atoms with Crippen LogP contribution in [-0.4, -0.2) is 28.8 Å². The van der Waals surface area contributed by atoms with Crippen LogP contribution in [0.25, 0.3) is 0 Å². The second-order valence-electron chi connectivity index (χ2n) is 3.32. The first-order chi connectivity index (χ1) is 7.54. The third-order valence-electron chi connectivity index (χ3n) is 2.09. The van der Waals surface area contributed by atoms with E-state index in [2.05, 4.69) is 0 Å². The lowest BCUT2D eigenvalue weighted by atomic mass is 10.0. The molecule has 0 unspecified atom stereocenters. The Bertz CT molecular complexity index is 382. The third-order valence-corrected chi connectivity index (χ3v) is 2.09. The van der Waals surface area contributed by atoms with Crippen molar-refractivity contribution >= 4 is 11.9 Å². The Hall–Kier alpha value is -1.91. The van der Waals surface area contributed by atoms with Gasteiger partial charge >= 0.3 is 11.9 Å². The van der Waals surface area contributed by atoms with Crippen LogP contribution in [-0.2, 0) is 6.42 Å². The molecule has 1 aromatic rings. The minimum absolute atomic E-state index is 0.0891. The number of hydrogen-bond acceptors (Lipinski definition) is 2. The summed E-state index contributed by atoms with van der Waals surface area (Å²) in [6.07, 6.45) is 0.583. The van der Waals surface area contributed by atoms with Gasteiger partial charge in [-0.25, -0.2) is 9.59 Å². The van der Waals surface area contributed by atoms with Crippen molar-refractivity contribution in [3.63, 3.8) is 0 Å². The van der Waals surface area contributed by atoms with Gasteiger partial charge in [0, 0.05) is 0 Å². The molecule has 0 saturated carbocycles. The van der Waals surface area contributed by atoms with Crippen molar-refractivity contribution in [3.8, 4) is 0 Å². The van der Waals surface area contributed by atoms with Gasteiger partial charge in [0.25, 0.3) is 0 Å². The first kappa shape index (κ1) is 12.2. The zero-order chi connectivity index (χ0) is 12.1. The molecule has 5 heteroatoms. The molecule has 1 rings (SSSR count). The van der Waals surface area contributed by atoms with E-state index in [9.17, 15) is 14.0 Å². The minimum Gasteiger partial charge on any atom is -0.478 e. The summed E-state index contributed by atoms with van der Waals surface area (Å²) in [7, 11) is 0. The van der Waals surface area contributed by atoms with E-state index < -0.39 is 18.6 Å². The number of benzene rings is 1. The molecule has 2 N–H and O–H groups in total. The Morgan fingerprint density at radius 2 is 1.56 bits per heavy atom. The lowest BCUT2D eigenvalue weighted by Gasteiger charge is -2.04. The van der Waals surface area contributed by atoms with Crippen LogP contribution >= 0.6 is 0 Å². The van der Waals surface area contributed by atoms with Crippen molar-refractivity contribution in [2.24, 2.45) is 0 Å². The average molecular weight is 226 g/mol. The number of hydrogen-bond donors (Lipinski definition) is 2. The fraction of sp³-hybridized carbons (Fsp3) is 0.273. The minimum atomic E-state index is -1.19.